The fourth-order valence-electron chi connectivity index (χ4n) is 2.42. The van der Waals surface area contributed by atoms with Gasteiger partial charge in [0.2, 0.25) is 5.91 Å². The molecule has 0 aliphatic heterocycles. The van der Waals surface area contributed by atoms with Gasteiger partial charge in [-0.2, -0.15) is 0 Å². The molecule has 0 aliphatic rings. The molecule has 2 aromatic carbocycles. The van der Waals surface area contributed by atoms with Crippen molar-refractivity contribution in [2.45, 2.75) is 33.6 Å². The first-order valence-electron chi connectivity index (χ1n) is 8.39. The van der Waals surface area contributed by atoms with Crippen LogP contribution < -0.4 is 10.1 Å². The van der Waals surface area contributed by atoms with Crippen LogP contribution in [0.3, 0.4) is 0 Å². The van der Waals surface area contributed by atoms with Crippen molar-refractivity contribution in [3.63, 3.8) is 0 Å². The highest BCUT2D eigenvalue weighted by atomic mass is 16.5. The molecule has 3 nitrogen and oxygen atoms in total. The average Bonchev–Trinajstić information content (AvgIpc) is 2.58. The molecule has 0 spiro atoms. The van der Waals surface area contributed by atoms with E-state index in [1.807, 2.05) is 56.3 Å². The largest absolute Gasteiger partial charge is 0.493 e. The van der Waals surface area contributed by atoms with E-state index in [1.165, 1.54) is 0 Å². The number of anilines is 1. The predicted octanol–water partition coefficient (Wildman–Crippen LogP) is 5.13. The summed E-state index contributed by atoms with van der Waals surface area (Å²) in [5.74, 6) is 0.665. The maximum atomic E-state index is 12.2. The highest BCUT2D eigenvalue weighted by Gasteiger charge is 2.05. The van der Waals surface area contributed by atoms with Gasteiger partial charge in [-0.1, -0.05) is 49.7 Å². The predicted molar refractivity (Wildman–Crippen MR) is 100 cm³/mol. The van der Waals surface area contributed by atoms with Crippen LogP contribution in [-0.4, -0.2) is 12.5 Å². The zero-order valence-corrected chi connectivity index (χ0v) is 14.6. The van der Waals surface area contributed by atoms with Crippen LogP contribution in [0.1, 0.15) is 36.5 Å². The first kappa shape index (κ1) is 17.8. The van der Waals surface area contributed by atoms with Gasteiger partial charge in [-0.25, -0.2) is 0 Å². The molecule has 0 heterocycles. The van der Waals surface area contributed by atoms with E-state index >= 15 is 0 Å². The molecule has 126 valence electrons. The molecule has 2 rings (SSSR count). The Bertz CT molecular complexity index is 699. The number of carbonyl (C=O) groups excluding carboxylic acids is 1. The van der Waals surface area contributed by atoms with Crippen molar-refractivity contribution < 1.29 is 9.53 Å². The molecule has 0 aliphatic carbocycles. The Hall–Kier alpha value is -2.55. The first-order valence-corrected chi connectivity index (χ1v) is 8.39. The zero-order valence-electron chi connectivity index (χ0n) is 14.6. The van der Waals surface area contributed by atoms with Crippen LogP contribution in [0.15, 0.2) is 48.5 Å². The molecular formula is C21H25NO2. The van der Waals surface area contributed by atoms with Crippen LogP contribution in [0.2, 0.25) is 0 Å². The van der Waals surface area contributed by atoms with E-state index in [2.05, 4.69) is 12.2 Å². The number of amides is 1. The Morgan fingerprint density at radius 2 is 1.79 bits per heavy atom. The summed E-state index contributed by atoms with van der Waals surface area (Å²) in [4.78, 5) is 12.2. The van der Waals surface area contributed by atoms with Crippen molar-refractivity contribution in [1.29, 1.82) is 0 Å². The normalized spacial score (nSPS) is 10.8. The second kappa shape index (κ2) is 8.92. The van der Waals surface area contributed by atoms with Gasteiger partial charge in [-0.05, 0) is 43.5 Å². The molecule has 0 aromatic heterocycles. The summed E-state index contributed by atoms with van der Waals surface area (Å²) < 4.78 is 5.78. The number of carbonyl (C=O) groups is 1. The average molecular weight is 323 g/mol. The molecule has 0 unspecified atom stereocenters. The van der Waals surface area contributed by atoms with Gasteiger partial charge in [-0.3, -0.25) is 4.79 Å². The lowest BCUT2D eigenvalue weighted by Gasteiger charge is -2.10. The van der Waals surface area contributed by atoms with E-state index in [9.17, 15) is 4.79 Å². The summed E-state index contributed by atoms with van der Waals surface area (Å²) in [7, 11) is 0. The van der Waals surface area contributed by atoms with Crippen molar-refractivity contribution in [3.05, 3.63) is 65.2 Å². The van der Waals surface area contributed by atoms with Crippen LogP contribution >= 0.6 is 0 Å². The molecule has 0 atom stereocenters. The molecule has 0 saturated heterocycles. The molecule has 1 amide bonds. The molecule has 0 fully saturated rings. The minimum absolute atomic E-state index is 0.143. The summed E-state index contributed by atoms with van der Waals surface area (Å²) in [5, 5.41) is 2.95. The van der Waals surface area contributed by atoms with Crippen molar-refractivity contribution in [2.75, 3.05) is 11.9 Å². The van der Waals surface area contributed by atoms with Crippen molar-refractivity contribution in [2.24, 2.45) is 0 Å². The number of nitrogens with one attached hydrogen (secondary N) is 1. The lowest BCUT2D eigenvalue weighted by molar-refractivity contribution is -0.111. The molecule has 24 heavy (non-hydrogen) atoms. The lowest BCUT2D eigenvalue weighted by Crippen LogP contribution is -2.10. The Kier molecular flexibility index (Phi) is 6.62. The first-order chi connectivity index (χ1) is 11.6. The second-order valence-electron chi connectivity index (χ2n) is 5.83. The quantitative estimate of drug-likeness (QED) is 0.566. The smallest absolute Gasteiger partial charge is 0.248 e. The van der Waals surface area contributed by atoms with Crippen LogP contribution in [0.4, 0.5) is 5.69 Å². The molecule has 1 N–H and O–H groups in total. The Balaban J connectivity index is 2.06. The van der Waals surface area contributed by atoms with Crippen LogP contribution in [0, 0.1) is 13.8 Å². The summed E-state index contributed by atoms with van der Waals surface area (Å²) in [6, 6.07) is 13.7. The maximum Gasteiger partial charge on any atom is 0.248 e. The third kappa shape index (κ3) is 4.98. The number of hydrogen-bond acceptors (Lipinski definition) is 2. The van der Waals surface area contributed by atoms with Crippen molar-refractivity contribution >= 4 is 17.7 Å². The molecule has 0 radical (unpaired) electrons. The van der Waals surface area contributed by atoms with Gasteiger partial charge in [-0.15, -0.1) is 0 Å². The van der Waals surface area contributed by atoms with Gasteiger partial charge in [0.05, 0.1) is 6.61 Å². The maximum absolute atomic E-state index is 12.2. The molecule has 3 heteroatoms. The second-order valence-corrected chi connectivity index (χ2v) is 5.83. The number of aryl methyl sites for hydroxylation is 2. The summed E-state index contributed by atoms with van der Waals surface area (Å²) >= 11 is 0. The Morgan fingerprint density at radius 1 is 1.08 bits per heavy atom. The minimum atomic E-state index is -0.143. The third-order valence-electron chi connectivity index (χ3n) is 3.82. The van der Waals surface area contributed by atoms with Gasteiger partial charge < -0.3 is 10.1 Å². The summed E-state index contributed by atoms with van der Waals surface area (Å²) in [5.41, 5.74) is 3.89. The van der Waals surface area contributed by atoms with Crippen LogP contribution in [-0.2, 0) is 4.79 Å². The van der Waals surface area contributed by atoms with Crippen LogP contribution in [0.25, 0.3) is 6.08 Å². The summed E-state index contributed by atoms with van der Waals surface area (Å²) in [6.07, 6.45) is 5.46. The standard InChI is InChI=1S/C21H25NO2/c1-4-5-15-24-19-12-7-6-11-18(19)13-14-20(23)22-21-16(2)9-8-10-17(21)3/h6-14H,4-5,15H2,1-3H3,(H,22,23)/b14-13+. The van der Waals surface area contributed by atoms with Gasteiger partial charge in [0, 0.05) is 17.3 Å². The van der Waals surface area contributed by atoms with E-state index < -0.39 is 0 Å². The van der Waals surface area contributed by atoms with Gasteiger partial charge in [0.15, 0.2) is 0 Å². The van der Waals surface area contributed by atoms with Crippen molar-refractivity contribution in [3.8, 4) is 5.75 Å². The van der Waals surface area contributed by atoms with Gasteiger partial charge >= 0.3 is 0 Å². The van der Waals surface area contributed by atoms with Crippen LogP contribution in [0.5, 0.6) is 5.75 Å². The zero-order chi connectivity index (χ0) is 17.4. The fraction of sp³-hybridized carbons (Fsp3) is 0.286. The molecular weight excluding hydrogens is 298 g/mol. The molecule has 0 bridgehead atoms. The van der Waals surface area contributed by atoms with E-state index in [-0.39, 0.29) is 5.91 Å². The highest BCUT2D eigenvalue weighted by molar-refractivity contribution is 6.03. The van der Waals surface area contributed by atoms with Crippen molar-refractivity contribution in [1.82, 2.24) is 0 Å². The SMILES string of the molecule is CCCCOc1ccccc1/C=C/C(=O)Nc1c(C)cccc1C. The third-order valence-corrected chi connectivity index (χ3v) is 3.82. The van der Waals surface area contributed by atoms with Gasteiger partial charge in [0.1, 0.15) is 5.75 Å². The van der Waals surface area contributed by atoms with E-state index in [4.69, 9.17) is 4.74 Å². The van der Waals surface area contributed by atoms with E-state index in [0.29, 0.717) is 6.61 Å². The molecule has 2 aromatic rings. The monoisotopic (exact) mass is 323 g/mol. The number of unbranched alkanes of at least 4 members (excludes halogenated alkanes) is 1. The Labute approximate surface area is 144 Å². The van der Waals surface area contributed by atoms with E-state index in [1.54, 1.807) is 12.2 Å². The van der Waals surface area contributed by atoms with E-state index in [0.717, 1.165) is 41.0 Å². The number of benzene rings is 2. The number of rotatable bonds is 7. The number of ether oxygens (including phenoxy) is 1. The summed E-state index contributed by atoms with van der Waals surface area (Å²) in [6.45, 7) is 6.80. The highest BCUT2D eigenvalue weighted by Crippen LogP contribution is 2.21. The van der Waals surface area contributed by atoms with Gasteiger partial charge in [0.25, 0.3) is 0 Å². The number of para-hydroxylation sites is 2. The number of hydrogen-bond donors (Lipinski definition) is 1. The Morgan fingerprint density at radius 3 is 2.50 bits per heavy atom. The lowest BCUT2D eigenvalue weighted by atomic mass is 10.1. The fourth-order valence-corrected chi connectivity index (χ4v) is 2.42. The topological polar surface area (TPSA) is 38.3 Å². The molecule has 0 saturated carbocycles. The minimum Gasteiger partial charge on any atom is -0.493 e.